The van der Waals surface area contributed by atoms with E-state index in [1.54, 1.807) is 13.0 Å². The number of aliphatic carboxylic acids is 1. The smallest absolute Gasteiger partial charge is 0.331 e. The minimum atomic E-state index is -1.23. The van der Waals surface area contributed by atoms with Crippen LogP contribution >= 0.6 is 0 Å². The SMILES string of the molecule is COC(C)C(N=C(c1ccc2c(c1)COC2)c1c(O)[nH]c2ccc(F)cc12)C(=O)O. The Morgan fingerprint density at radius 1 is 1.23 bits per heavy atom. The molecule has 3 N–H and O–H groups in total. The number of rotatable bonds is 6. The topological polar surface area (TPSA) is 104 Å². The molecular formula is C22H21FN2O5. The summed E-state index contributed by atoms with van der Waals surface area (Å²) >= 11 is 0. The Morgan fingerprint density at radius 3 is 2.73 bits per heavy atom. The predicted octanol–water partition coefficient (Wildman–Crippen LogP) is 3.37. The molecule has 0 bridgehead atoms. The highest BCUT2D eigenvalue weighted by atomic mass is 19.1. The lowest BCUT2D eigenvalue weighted by atomic mass is 9.97. The maximum Gasteiger partial charge on any atom is 0.331 e. The van der Waals surface area contributed by atoms with Crippen LogP contribution in [0.4, 0.5) is 4.39 Å². The van der Waals surface area contributed by atoms with E-state index in [1.165, 1.54) is 25.3 Å². The van der Waals surface area contributed by atoms with Crippen molar-refractivity contribution < 1.29 is 28.9 Å². The fraction of sp³-hybridized carbons (Fsp3) is 0.273. The van der Waals surface area contributed by atoms with Crippen LogP contribution in [0.15, 0.2) is 41.4 Å². The molecule has 4 rings (SSSR count). The molecule has 0 radical (unpaired) electrons. The third-order valence-corrected chi connectivity index (χ3v) is 5.31. The maximum absolute atomic E-state index is 14.0. The van der Waals surface area contributed by atoms with Crippen LogP contribution in [0.5, 0.6) is 5.88 Å². The normalized spacial score (nSPS) is 15.9. The molecule has 1 aliphatic heterocycles. The Morgan fingerprint density at radius 2 is 2.00 bits per heavy atom. The highest BCUT2D eigenvalue weighted by Crippen LogP contribution is 2.32. The summed E-state index contributed by atoms with van der Waals surface area (Å²) in [5.41, 5.74) is 3.56. The van der Waals surface area contributed by atoms with Crippen LogP contribution in [-0.4, -0.2) is 46.1 Å². The van der Waals surface area contributed by atoms with Crippen molar-refractivity contribution in [1.82, 2.24) is 4.98 Å². The van der Waals surface area contributed by atoms with Crippen molar-refractivity contribution in [3.05, 3.63) is 64.5 Å². The van der Waals surface area contributed by atoms with Crippen molar-refractivity contribution in [2.75, 3.05) is 7.11 Å². The number of carbonyl (C=O) groups is 1. The molecule has 0 fully saturated rings. The van der Waals surface area contributed by atoms with Crippen molar-refractivity contribution in [3.63, 3.8) is 0 Å². The molecule has 2 atom stereocenters. The first kappa shape index (κ1) is 20.1. The van der Waals surface area contributed by atoms with Gasteiger partial charge in [-0.15, -0.1) is 0 Å². The second-order valence-corrected chi connectivity index (χ2v) is 7.22. The summed E-state index contributed by atoms with van der Waals surface area (Å²) in [4.78, 5) is 19.2. The van der Waals surface area contributed by atoms with Crippen molar-refractivity contribution in [3.8, 4) is 5.88 Å². The Kier molecular flexibility index (Phi) is 5.27. The lowest BCUT2D eigenvalue weighted by Gasteiger charge is -2.18. The minimum absolute atomic E-state index is 0.222. The molecule has 156 valence electrons. The number of fused-ring (bicyclic) bond motifs is 2. The second-order valence-electron chi connectivity index (χ2n) is 7.22. The first-order valence-electron chi connectivity index (χ1n) is 9.43. The summed E-state index contributed by atoms with van der Waals surface area (Å²) in [6.07, 6.45) is -0.723. The van der Waals surface area contributed by atoms with Gasteiger partial charge in [-0.1, -0.05) is 12.1 Å². The van der Waals surface area contributed by atoms with Crippen LogP contribution in [0.2, 0.25) is 0 Å². The third kappa shape index (κ3) is 3.55. The summed E-state index contributed by atoms with van der Waals surface area (Å²) in [6.45, 7) is 2.54. The minimum Gasteiger partial charge on any atom is -0.494 e. The number of carboxylic acid groups (broad SMARTS) is 1. The molecule has 0 saturated heterocycles. The Labute approximate surface area is 171 Å². The monoisotopic (exact) mass is 412 g/mol. The average molecular weight is 412 g/mol. The quantitative estimate of drug-likeness (QED) is 0.539. The van der Waals surface area contributed by atoms with E-state index < -0.39 is 23.9 Å². The number of halogens is 1. The molecule has 1 aromatic heterocycles. The van der Waals surface area contributed by atoms with Crippen molar-refractivity contribution in [1.29, 1.82) is 0 Å². The van der Waals surface area contributed by atoms with Gasteiger partial charge in [0.05, 0.1) is 30.6 Å². The van der Waals surface area contributed by atoms with Crippen LogP contribution in [0, 0.1) is 5.82 Å². The van der Waals surface area contributed by atoms with Crippen molar-refractivity contribution >= 4 is 22.6 Å². The summed E-state index contributed by atoms with van der Waals surface area (Å²) < 4.78 is 24.6. The molecule has 30 heavy (non-hydrogen) atoms. The lowest BCUT2D eigenvalue weighted by molar-refractivity contribution is -0.141. The van der Waals surface area contributed by atoms with Gasteiger partial charge < -0.3 is 24.7 Å². The van der Waals surface area contributed by atoms with Gasteiger partial charge >= 0.3 is 5.97 Å². The van der Waals surface area contributed by atoms with Gasteiger partial charge in [0.1, 0.15) is 5.82 Å². The zero-order chi connectivity index (χ0) is 21.4. The van der Waals surface area contributed by atoms with Gasteiger partial charge in [-0.25, -0.2) is 9.18 Å². The number of aromatic nitrogens is 1. The molecule has 2 unspecified atom stereocenters. The molecule has 2 aromatic carbocycles. The number of methoxy groups -OCH3 is 1. The first-order valence-corrected chi connectivity index (χ1v) is 9.43. The molecule has 1 aliphatic rings. The van der Waals surface area contributed by atoms with E-state index >= 15 is 0 Å². The van der Waals surface area contributed by atoms with Crippen molar-refractivity contribution in [2.24, 2.45) is 4.99 Å². The van der Waals surface area contributed by atoms with E-state index in [9.17, 15) is 19.4 Å². The van der Waals surface area contributed by atoms with Gasteiger partial charge in [-0.05, 0) is 42.3 Å². The number of carboxylic acids is 1. The fourth-order valence-electron chi connectivity index (χ4n) is 3.62. The summed E-state index contributed by atoms with van der Waals surface area (Å²) in [5.74, 6) is -1.87. The average Bonchev–Trinajstić information content (AvgIpc) is 3.31. The summed E-state index contributed by atoms with van der Waals surface area (Å²) in [7, 11) is 1.40. The Bertz CT molecular complexity index is 1150. The lowest BCUT2D eigenvalue weighted by Crippen LogP contribution is -2.33. The number of nitrogens with zero attached hydrogens (tertiary/aromatic N) is 1. The van der Waals surface area contributed by atoms with Gasteiger partial charge in [0.15, 0.2) is 11.9 Å². The number of H-pyrrole nitrogens is 1. The van der Waals surface area contributed by atoms with Crippen molar-refractivity contribution in [2.45, 2.75) is 32.3 Å². The number of nitrogens with one attached hydrogen (secondary N) is 1. The standard InChI is InChI=1S/C22H21FN2O5/c1-11(29-2)19(22(27)28)25-20(12-3-4-13-9-30-10-14(13)7-12)18-16-8-15(23)5-6-17(16)24-21(18)26/h3-8,11,19,24,26H,9-10H2,1-2H3,(H,27,28). The number of aliphatic imine (C=N–C) groups is 1. The molecule has 0 saturated carbocycles. The van der Waals surface area contributed by atoms with Crippen LogP contribution in [0.25, 0.3) is 10.9 Å². The highest BCUT2D eigenvalue weighted by molar-refractivity contribution is 6.21. The van der Waals surface area contributed by atoms with E-state index in [-0.39, 0.29) is 17.2 Å². The van der Waals surface area contributed by atoms with E-state index in [0.717, 1.165) is 11.1 Å². The van der Waals surface area contributed by atoms with Gasteiger partial charge in [-0.2, -0.15) is 0 Å². The zero-order valence-electron chi connectivity index (χ0n) is 16.5. The Balaban J connectivity index is 1.97. The molecule has 0 aliphatic carbocycles. The van der Waals surface area contributed by atoms with Crippen LogP contribution in [0.1, 0.15) is 29.2 Å². The molecule has 0 spiro atoms. The summed E-state index contributed by atoms with van der Waals surface area (Å²) in [5, 5.41) is 20.7. The Hall–Kier alpha value is -3.23. The van der Waals surface area contributed by atoms with E-state index in [0.29, 0.717) is 29.7 Å². The van der Waals surface area contributed by atoms with Gasteiger partial charge in [0, 0.05) is 23.6 Å². The number of hydrogen-bond donors (Lipinski definition) is 3. The number of ether oxygens (including phenoxy) is 2. The zero-order valence-corrected chi connectivity index (χ0v) is 16.5. The molecule has 8 heteroatoms. The molecule has 7 nitrogen and oxygen atoms in total. The molecular weight excluding hydrogens is 391 g/mol. The number of hydrogen-bond acceptors (Lipinski definition) is 5. The van der Waals surface area contributed by atoms with E-state index in [2.05, 4.69) is 9.98 Å². The predicted molar refractivity (Wildman–Crippen MR) is 108 cm³/mol. The van der Waals surface area contributed by atoms with Crippen LogP contribution in [-0.2, 0) is 27.5 Å². The number of benzene rings is 2. The fourth-order valence-corrected chi connectivity index (χ4v) is 3.62. The van der Waals surface area contributed by atoms with Gasteiger partial charge in [-0.3, -0.25) is 4.99 Å². The van der Waals surface area contributed by atoms with Crippen LogP contribution in [0.3, 0.4) is 0 Å². The van der Waals surface area contributed by atoms with E-state index in [1.807, 2.05) is 12.1 Å². The largest absolute Gasteiger partial charge is 0.494 e. The number of aromatic hydroxyl groups is 1. The van der Waals surface area contributed by atoms with E-state index in [4.69, 9.17) is 9.47 Å². The summed E-state index contributed by atoms with van der Waals surface area (Å²) in [6, 6.07) is 8.37. The molecule has 2 heterocycles. The van der Waals surface area contributed by atoms with Crippen LogP contribution < -0.4 is 0 Å². The van der Waals surface area contributed by atoms with Gasteiger partial charge in [0.2, 0.25) is 0 Å². The molecule has 3 aromatic rings. The maximum atomic E-state index is 14.0. The second kappa shape index (κ2) is 7.89. The number of aromatic amines is 1. The third-order valence-electron chi connectivity index (χ3n) is 5.31. The molecule has 0 amide bonds. The van der Waals surface area contributed by atoms with Gasteiger partial charge in [0.25, 0.3) is 0 Å². The highest BCUT2D eigenvalue weighted by Gasteiger charge is 2.28. The first-order chi connectivity index (χ1) is 14.4.